The Morgan fingerprint density at radius 1 is 0.682 bits per heavy atom. The van der Waals surface area contributed by atoms with E-state index >= 15 is 0 Å². The Morgan fingerprint density at radius 3 is 1.89 bits per heavy atom. The average Bonchev–Trinajstić information content (AvgIpc) is 3.01. The lowest BCUT2D eigenvalue weighted by molar-refractivity contribution is -0.374. The number of aliphatic hydroxyl groups is 10. The summed E-state index contributed by atoms with van der Waals surface area (Å²) in [6.45, 7) is -2.12. The molecule has 0 aromatic heterocycles. The lowest BCUT2D eigenvalue weighted by atomic mass is 9.95. The van der Waals surface area contributed by atoms with Crippen molar-refractivity contribution in [2.45, 2.75) is 118 Å². The van der Waals surface area contributed by atoms with Crippen molar-refractivity contribution in [2.75, 3.05) is 26.4 Å². The Hall–Kier alpha value is -1.82. The van der Waals surface area contributed by atoms with E-state index in [9.17, 15) is 55.9 Å². The van der Waals surface area contributed by atoms with E-state index in [1.807, 2.05) is 0 Å². The van der Waals surface area contributed by atoms with Crippen molar-refractivity contribution < 1.29 is 79.5 Å². The number of hydrogen-bond donors (Lipinski definition) is 11. The third kappa shape index (κ3) is 8.70. The minimum atomic E-state index is -1.94. The zero-order valence-electron chi connectivity index (χ0n) is 23.6. The Morgan fingerprint density at radius 2 is 1.27 bits per heavy atom. The summed E-state index contributed by atoms with van der Waals surface area (Å²) in [5.41, 5.74) is 8.28. The van der Waals surface area contributed by atoms with Gasteiger partial charge in [-0.05, 0) is 18.4 Å². The molecule has 0 aromatic rings. The van der Waals surface area contributed by atoms with Gasteiger partial charge in [0, 0.05) is 17.9 Å². The van der Waals surface area contributed by atoms with Crippen LogP contribution in [0.1, 0.15) is 25.7 Å². The maximum Gasteiger partial charge on any atom is 0.222 e. The molecule has 0 saturated carbocycles. The quantitative estimate of drug-likeness (QED) is 0.0364. The number of hydrogen-bond acceptors (Lipinski definition) is 17. The van der Waals surface area contributed by atoms with Gasteiger partial charge in [-0.15, -0.1) is 0 Å². The molecule has 3 saturated heterocycles. The van der Waals surface area contributed by atoms with Gasteiger partial charge < -0.3 is 80.1 Å². The second-order valence-electron chi connectivity index (χ2n) is 10.7. The molecule has 0 radical (unpaired) electrons. The van der Waals surface area contributed by atoms with Crippen LogP contribution in [0.5, 0.6) is 0 Å². The summed E-state index contributed by atoms with van der Waals surface area (Å²) in [6.07, 6.45) is -23.7. The molecule has 3 fully saturated rings. The van der Waals surface area contributed by atoms with E-state index < -0.39 is 118 Å². The largest absolute Gasteiger partial charge is 0.394 e. The fourth-order valence-corrected chi connectivity index (χ4v) is 5.11. The van der Waals surface area contributed by atoms with E-state index in [0.29, 0.717) is 19.3 Å². The van der Waals surface area contributed by atoms with Gasteiger partial charge in [-0.25, -0.2) is 0 Å². The lowest BCUT2D eigenvalue weighted by Crippen LogP contribution is -2.67. The van der Waals surface area contributed by atoms with Crippen molar-refractivity contribution >= 4 is 5.91 Å². The molecule has 254 valence electrons. The standard InChI is InChI=1S/C24H42N4O16/c25-28-26-5-3-1-2-4-12(32)27-22-17(37)16(36)20(11(8-31)40-22)43-24-19(39)21(14(34)10(7-30)42-24)44-23-18(38)15(35)13(33)9(6-29)41-23/h9-11,13-24,29-31,33-39H,1-8H2,(H,27,32)/t9-,10-,11-,13+,14+,15+,16-,17-,18-,19-,20-,21+,22-,23+,24+/m1/s1. The minimum absolute atomic E-state index is 0.0332. The van der Waals surface area contributed by atoms with E-state index in [4.69, 9.17) is 29.2 Å². The Bertz CT molecular complexity index is 944. The van der Waals surface area contributed by atoms with Gasteiger partial charge in [-0.3, -0.25) is 4.79 Å². The first kappa shape index (κ1) is 36.6. The van der Waals surface area contributed by atoms with Crippen molar-refractivity contribution in [2.24, 2.45) is 5.11 Å². The highest BCUT2D eigenvalue weighted by Gasteiger charge is 2.53. The van der Waals surface area contributed by atoms with Gasteiger partial charge in [-0.1, -0.05) is 11.5 Å². The molecule has 0 unspecified atom stereocenters. The highest BCUT2D eigenvalue weighted by atomic mass is 16.7. The van der Waals surface area contributed by atoms with Crippen LogP contribution in [0, 0.1) is 0 Å². The maximum absolute atomic E-state index is 12.3. The van der Waals surface area contributed by atoms with Gasteiger partial charge in [0.2, 0.25) is 5.91 Å². The molecule has 11 N–H and O–H groups in total. The predicted octanol–water partition coefficient (Wildman–Crippen LogP) is -5.58. The summed E-state index contributed by atoms with van der Waals surface area (Å²) < 4.78 is 27.4. The van der Waals surface area contributed by atoms with Gasteiger partial charge in [0.25, 0.3) is 0 Å². The first-order chi connectivity index (χ1) is 21.0. The van der Waals surface area contributed by atoms with E-state index in [-0.39, 0.29) is 13.0 Å². The second kappa shape index (κ2) is 17.2. The molecular formula is C24H42N4O16. The smallest absolute Gasteiger partial charge is 0.222 e. The van der Waals surface area contributed by atoms with Crippen molar-refractivity contribution in [3.8, 4) is 0 Å². The summed E-state index contributed by atoms with van der Waals surface area (Å²) in [6, 6.07) is 0. The van der Waals surface area contributed by atoms with Crippen LogP contribution in [0.15, 0.2) is 5.11 Å². The molecule has 20 nitrogen and oxygen atoms in total. The number of nitrogens with zero attached hydrogens (tertiary/aromatic N) is 3. The minimum Gasteiger partial charge on any atom is -0.394 e. The number of carbonyl (C=O) groups excluding carboxylic acids is 1. The first-order valence-corrected chi connectivity index (χ1v) is 14.2. The fraction of sp³-hybridized carbons (Fsp3) is 0.958. The summed E-state index contributed by atoms with van der Waals surface area (Å²) in [5.74, 6) is -0.528. The molecule has 0 spiro atoms. The fourth-order valence-electron chi connectivity index (χ4n) is 5.11. The van der Waals surface area contributed by atoms with Crippen LogP contribution in [0.25, 0.3) is 10.4 Å². The molecule has 3 aliphatic rings. The zero-order chi connectivity index (χ0) is 32.6. The lowest BCUT2D eigenvalue weighted by Gasteiger charge is -2.48. The second-order valence-corrected chi connectivity index (χ2v) is 10.7. The number of unbranched alkanes of at least 4 members (excludes halogenated alkanes) is 2. The third-order valence-corrected chi connectivity index (χ3v) is 7.65. The number of nitrogens with one attached hydrogen (secondary N) is 1. The van der Waals surface area contributed by atoms with E-state index in [0.717, 1.165) is 0 Å². The summed E-state index contributed by atoms with van der Waals surface area (Å²) >= 11 is 0. The van der Waals surface area contributed by atoms with Gasteiger partial charge in [-0.2, -0.15) is 0 Å². The Labute approximate surface area is 250 Å². The molecular weight excluding hydrogens is 600 g/mol. The molecule has 0 aliphatic carbocycles. The van der Waals surface area contributed by atoms with Gasteiger partial charge in [0.05, 0.1) is 19.8 Å². The predicted molar refractivity (Wildman–Crippen MR) is 140 cm³/mol. The molecule has 0 aromatic carbocycles. The Balaban J connectivity index is 1.66. The molecule has 3 aliphatic heterocycles. The van der Waals surface area contributed by atoms with Crippen molar-refractivity contribution in [1.29, 1.82) is 0 Å². The summed E-state index contributed by atoms with van der Waals surface area (Å²) in [4.78, 5) is 15.0. The normalized spacial score (nSPS) is 42.8. The monoisotopic (exact) mass is 642 g/mol. The van der Waals surface area contributed by atoms with E-state index in [2.05, 4.69) is 15.3 Å². The van der Waals surface area contributed by atoms with E-state index in [1.165, 1.54) is 0 Å². The molecule has 15 atom stereocenters. The van der Waals surface area contributed by atoms with Gasteiger partial charge in [0.1, 0.15) is 73.2 Å². The molecule has 3 heterocycles. The van der Waals surface area contributed by atoms with Crippen LogP contribution in [0.3, 0.4) is 0 Å². The number of rotatable bonds is 14. The molecule has 20 heteroatoms. The van der Waals surface area contributed by atoms with Crippen LogP contribution in [-0.2, 0) is 28.5 Å². The number of carbonyl (C=O) groups is 1. The average molecular weight is 643 g/mol. The SMILES string of the molecule is [N-]=[N+]=NCCCCCC(=O)N[C@@H]1O[C@H](CO)[C@@H](O[C@@H]2O[C@H](CO)[C@H](O)[C@H](O[C@@H]3O[C@H](CO)[C@H](O)[C@H](O)[C@H]3O)[C@H]2O)[C@H](O)[C@H]1O. The van der Waals surface area contributed by atoms with Crippen LogP contribution < -0.4 is 5.32 Å². The molecule has 3 rings (SSSR count). The van der Waals surface area contributed by atoms with Gasteiger partial charge >= 0.3 is 0 Å². The highest BCUT2D eigenvalue weighted by molar-refractivity contribution is 5.76. The van der Waals surface area contributed by atoms with Crippen molar-refractivity contribution in [3.05, 3.63) is 10.4 Å². The van der Waals surface area contributed by atoms with Crippen LogP contribution >= 0.6 is 0 Å². The molecule has 1 amide bonds. The summed E-state index contributed by atoms with van der Waals surface area (Å²) in [5, 5.41) is 108. The first-order valence-electron chi connectivity index (χ1n) is 14.2. The van der Waals surface area contributed by atoms with Crippen molar-refractivity contribution in [1.82, 2.24) is 5.32 Å². The van der Waals surface area contributed by atoms with Crippen LogP contribution in [0.2, 0.25) is 0 Å². The third-order valence-electron chi connectivity index (χ3n) is 7.65. The van der Waals surface area contributed by atoms with Crippen molar-refractivity contribution in [3.63, 3.8) is 0 Å². The highest BCUT2D eigenvalue weighted by Crippen LogP contribution is 2.32. The molecule has 0 bridgehead atoms. The Kier molecular flexibility index (Phi) is 14.3. The number of amides is 1. The maximum atomic E-state index is 12.3. The number of azide groups is 1. The van der Waals surface area contributed by atoms with Gasteiger partial charge in [0.15, 0.2) is 18.8 Å². The summed E-state index contributed by atoms with van der Waals surface area (Å²) in [7, 11) is 0. The van der Waals surface area contributed by atoms with Crippen LogP contribution in [-0.4, -0.2) is 175 Å². The zero-order valence-corrected chi connectivity index (χ0v) is 23.6. The molecule has 44 heavy (non-hydrogen) atoms. The number of aliphatic hydroxyl groups excluding tert-OH is 10. The number of ether oxygens (including phenoxy) is 5. The topological polar surface area (TPSA) is 326 Å². The van der Waals surface area contributed by atoms with Crippen LogP contribution in [0.4, 0.5) is 0 Å². The van der Waals surface area contributed by atoms with E-state index in [1.54, 1.807) is 0 Å².